The summed E-state index contributed by atoms with van der Waals surface area (Å²) in [5, 5.41) is 12.0. The molecule has 1 aliphatic carbocycles. The number of carbonyl (C=O) groups excluding carboxylic acids is 1. The van der Waals surface area contributed by atoms with Gasteiger partial charge >= 0.3 is 0 Å². The Morgan fingerprint density at radius 2 is 2.21 bits per heavy atom. The predicted molar refractivity (Wildman–Crippen MR) is 65.7 cm³/mol. The minimum Gasteiger partial charge on any atom is -0.297 e. The van der Waals surface area contributed by atoms with Gasteiger partial charge in [-0.15, -0.1) is 10.2 Å². The molecule has 1 fully saturated rings. The topological polar surface area (TPSA) is 60.7 Å². The van der Waals surface area contributed by atoms with Crippen molar-refractivity contribution in [3.05, 3.63) is 30.1 Å². The average molecular weight is 260 g/mol. The molecule has 1 aliphatic rings. The van der Waals surface area contributed by atoms with Crippen LogP contribution in [-0.2, 0) is 4.79 Å². The summed E-state index contributed by atoms with van der Waals surface area (Å²) in [7, 11) is 0. The van der Waals surface area contributed by atoms with Crippen molar-refractivity contribution in [2.75, 3.05) is 0 Å². The molecule has 1 saturated carbocycles. The average Bonchev–Trinajstić information content (AvgIpc) is 2.89. The Kier molecular flexibility index (Phi) is 3.06. The van der Waals surface area contributed by atoms with Crippen LogP contribution in [-0.4, -0.2) is 26.0 Å². The number of Topliss-reactive ketones (excluding diaryl/α,β-unsaturated/α-hetero) is 1. The number of hydrogen-bond acceptors (Lipinski definition) is 4. The smallest absolute Gasteiger partial charge is 0.205 e. The van der Waals surface area contributed by atoms with E-state index in [9.17, 15) is 9.18 Å². The van der Waals surface area contributed by atoms with Gasteiger partial charge in [-0.05, 0) is 30.2 Å². The van der Waals surface area contributed by atoms with Crippen LogP contribution in [0.1, 0.15) is 31.7 Å². The van der Waals surface area contributed by atoms with E-state index in [1.54, 1.807) is 12.1 Å². The summed E-state index contributed by atoms with van der Waals surface area (Å²) in [6.45, 7) is 0. The van der Waals surface area contributed by atoms with Gasteiger partial charge in [0, 0.05) is 12.0 Å². The van der Waals surface area contributed by atoms with Crippen LogP contribution in [0.15, 0.2) is 24.3 Å². The van der Waals surface area contributed by atoms with E-state index in [2.05, 4.69) is 15.4 Å². The molecule has 1 heterocycles. The van der Waals surface area contributed by atoms with Gasteiger partial charge in [-0.25, -0.2) is 4.39 Å². The van der Waals surface area contributed by atoms with Crippen LogP contribution in [0.5, 0.6) is 0 Å². The second-order valence-electron chi connectivity index (χ2n) is 4.67. The fraction of sp³-hybridized carbons (Fsp3) is 0.385. The molecular weight excluding hydrogens is 247 g/mol. The lowest BCUT2D eigenvalue weighted by molar-refractivity contribution is -0.124. The van der Waals surface area contributed by atoms with Crippen molar-refractivity contribution in [2.24, 2.45) is 0 Å². The molecule has 1 unspecified atom stereocenters. The molecule has 0 bridgehead atoms. The zero-order valence-corrected chi connectivity index (χ0v) is 10.3. The molecular formula is C13H13FN4O. The summed E-state index contributed by atoms with van der Waals surface area (Å²) in [5.74, 6) is 0.148. The van der Waals surface area contributed by atoms with Crippen molar-refractivity contribution in [3.63, 3.8) is 0 Å². The molecule has 0 aliphatic heterocycles. The van der Waals surface area contributed by atoms with Crippen molar-refractivity contribution >= 4 is 5.78 Å². The van der Waals surface area contributed by atoms with Crippen LogP contribution in [0.25, 0.3) is 11.4 Å². The van der Waals surface area contributed by atoms with E-state index >= 15 is 0 Å². The van der Waals surface area contributed by atoms with Gasteiger partial charge in [0.1, 0.15) is 11.9 Å². The zero-order chi connectivity index (χ0) is 13.2. The third kappa shape index (κ3) is 2.38. The first-order valence-electron chi connectivity index (χ1n) is 6.32. The lowest BCUT2D eigenvalue weighted by Gasteiger charge is -2.18. The van der Waals surface area contributed by atoms with Crippen LogP contribution in [0.3, 0.4) is 0 Å². The molecule has 1 aromatic heterocycles. The number of aromatic nitrogens is 4. The normalized spacial score (nSPS) is 19.6. The van der Waals surface area contributed by atoms with Crippen LogP contribution in [0.2, 0.25) is 0 Å². The highest BCUT2D eigenvalue weighted by molar-refractivity contribution is 5.82. The summed E-state index contributed by atoms with van der Waals surface area (Å²) < 4.78 is 13.1. The molecule has 0 amide bonds. The lowest BCUT2D eigenvalue weighted by atomic mass is 9.95. The number of rotatable bonds is 2. The van der Waals surface area contributed by atoms with E-state index in [1.807, 2.05) is 0 Å². The van der Waals surface area contributed by atoms with Crippen LogP contribution < -0.4 is 0 Å². The maximum absolute atomic E-state index is 13.1. The van der Waals surface area contributed by atoms with E-state index in [0.29, 0.717) is 17.8 Å². The Hall–Kier alpha value is -2.11. The first kappa shape index (κ1) is 12.0. The van der Waals surface area contributed by atoms with Gasteiger partial charge in [0.05, 0.1) is 0 Å². The van der Waals surface area contributed by atoms with Crippen molar-refractivity contribution in [2.45, 2.75) is 31.7 Å². The molecule has 0 spiro atoms. The van der Waals surface area contributed by atoms with Crippen LogP contribution in [0.4, 0.5) is 4.39 Å². The minimum atomic E-state index is -0.345. The third-order valence-electron chi connectivity index (χ3n) is 3.31. The van der Waals surface area contributed by atoms with Crippen molar-refractivity contribution in [3.8, 4) is 11.4 Å². The highest BCUT2D eigenvalue weighted by Gasteiger charge is 2.26. The standard InChI is InChI=1S/C13H13FN4O/c14-10-5-3-4-9(8-10)13-15-17-18(16-13)11-6-1-2-7-12(11)19/h3-5,8,11H,1-2,6-7H2. The van der Waals surface area contributed by atoms with Crippen molar-refractivity contribution < 1.29 is 9.18 Å². The summed E-state index contributed by atoms with van der Waals surface area (Å²) in [6, 6.07) is 5.70. The molecule has 2 aromatic rings. The second-order valence-corrected chi connectivity index (χ2v) is 4.67. The molecule has 98 valence electrons. The van der Waals surface area contributed by atoms with E-state index in [-0.39, 0.29) is 17.6 Å². The highest BCUT2D eigenvalue weighted by atomic mass is 19.1. The SMILES string of the molecule is O=C1CCCCC1n1nnc(-c2cccc(F)c2)n1. The molecule has 0 saturated heterocycles. The predicted octanol–water partition coefficient (Wildman–Crippen LogP) is 2.16. The number of benzene rings is 1. The number of tetrazole rings is 1. The Labute approximate surface area is 109 Å². The monoisotopic (exact) mass is 260 g/mol. The van der Waals surface area contributed by atoms with E-state index in [1.165, 1.54) is 16.9 Å². The van der Waals surface area contributed by atoms with E-state index < -0.39 is 0 Å². The molecule has 0 radical (unpaired) electrons. The molecule has 5 nitrogen and oxygen atoms in total. The highest BCUT2D eigenvalue weighted by Crippen LogP contribution is 2.24. The van der Waals surface area contributed by atoms with E-state index in [4.69, 9.17) is 0 Å². The first-order chi connectivity index (χ1) is 9.24. The number of halogens is 1. The Morgan fingerprint density at radius 3 is 3.00 bits per heavy atom. The Morgan fingerprint density at radius 1 is 1.32 bits per heavy atom. The molecule has 0 N–H and O–H groups in total. The second kappa shape index (κ2) is 4.87. The van der Waals surface area contributed by atoms with Gasteiger partial charge in [0.15, 0.2) is 5.78 Å². The molecule has 3 rings (SSSR count). The lowest BCUT2D eigenvalue weighted by Crippen LogP contribution is -2.25. The van der Waals surface area contributed by atoms with Crippen molar-refractivity contribution in [1.29, 1.82) is 0 Å². The summed E-state index contributed by atoms with van der Waals surface area (Å²) in [6.07, 6.45) is 3.24. The fourth-order valence-electron chi connectivity index (χ4n) is 2.31. The van der Waals surface area contributed by atoms with Gasteiger partial charge in [0.25, 0.3) is 0 Å². The fourth-order valence-corrected chi connectivity index (χ4v) is 2.31. The quantitative estimate of drug-likeness (QED) is 0.830. The largest absolute Gasteiger partial charge is 0.297 e. The maximum atomic E-state index is 13.1. The number of hydrogen-bond donors (Lipinski definition) is 0. The van der Waals surface area contributed by atoms with E-state index in [0.717, 1.165) is 19.3 Å². The Balaban J connectivity index is 1.89. The maximum Gasteiger partial charge on any atom is 0.205 e. The first-order valence-corrected chi connectivity index (χ1v) is 6.32. The number of nitrogens with zero attached hydrogens (tertiary/aromatic N) is 4. The Bertz CT molecular complexity index is 610. The number of ketones is 1. The minimum absolute atomic E-state index is 0.148. The molecule has 1 atom stereocenters. The van der Waals surface area contributed by atoms with Crippen LogP contribution >= 0.6 is 0 Å². The van der Waals surface area contributed by atoms with Gasteiger partial charge in [-0.3, -0.25) is 4.79 Å². The molecule has 19 heavy (non-hydrogen) atoms. The molecule has 1 aromatic carbocycles. The van der Waals surface area contributed by atoms with Crippen LogP contribution in [0, 0.1) is 5.82 Å². The van der Waals surface area contributed by atoms with Gasteiger partial charge in [-0.2, -0.15) is 4.80 Å². The van der Waals surface area contributed by atoms with Gasteiger partial charge in [-0.1, -0.05) is 18.6 Å². The number of carbonyl (C=O) groups is 1. The van der Waals surface area contributed by atoms with Gasteiger partial charge in [0.2, 0.25) is 5.82 Å². The summed E-state index contributed by atoms with van der Waals surface area (Å²) in [4.78, 5) is 13.2. The van der Waals surface area contributed by atoms with Gasteiger partial charge < -0.3 is 0 Å². The molecule has 6 heteroatoms. The summed E-state index contributed by atoms with van der Waals surface area (Å²) >= 11 is 0. The third-order valence-corrected chi connectivity index (χ3v) is 3.31. The summed E-state index contributed by atoms with van der Waals surface area (Å²) in [5.41, 5.74) is 0.564. The zero-order valence-electron chi connectivity index (χ0n) is 10.3. The van der Waals surface area contributed by atoms with Crippen molar-refractivity contribution in [1.82, 2.24) is 20.2 Å².